The highest BCUT2D eigenvalue weighted by molar-refractivity contribution is 5.20. The zero-order valence-electron chi connectivity index (χ0n) is 12.8. The summed E-state index contributed by atoms with van der Waals surface area (Å²) in [4.78, 5) is 0. The minimum absolute atomic E-state index is 0.803. The third-order valence-electron chi connectivity index (χ3n) is 4.28. The first-order valence-corrected chi connectivity index (χ1v) is 8.23. The number of ether oxygens (including phenoxy) is 1. The van der Waals surface area contributed by atoms with Crippen LogP contribution in [0.5, 0.6) is 5.75 Å². The van der Waals surface area contributed by atoms with E-state index < -0.39 is 0 Å². The molecule has 1 fully saturated rings. The number of rotatable bonds is 8. The first-order valence-electron chi connectivity index (χ1n) is 8.23. The van der Waals surface area contributed by atoms with Crippen molar-refractivity contribution in [2.75, 3.05) is 19.7 Å². The van der Waals surface area contributed by atoms with E-state index in [1.807, 2.05) is 30.3 Å². The molecule has 0 bridgehead atoms. The summed E-state index contributed by atoms with van der Waals surface area (Å²) in [6, 6.07) is 10.1. The molecule has 0 aliphatic heterocycles. The molecule has 20 heavy (non-hydrogen) atoms. The molecule has 1 N–H and O–H groups in total. The van der Waals surface area contributed by atoms with E-state index in [1.165, 1.54) is 38.6 Å². The maximum atomic E-state index is 5.68. The van der Waals surface area contributed by atoms with Crippen LogP contribution in [0.15, 0.2) is 30.3 Å². The van der Waals surface area contributed by atoms with Crippen molar-refractivity contribution in [2.24, 2.45) is 11.8 Å². The van der Waals surface area contributed by atoms with Gasteiger partial charge >= 0.3 is 0 Å². The van der Waals surface area contributed by atoms with Gasteiger partial charge in [-0.05, 0) is 56.3 Å². The molecule has 2 rings (SSSR count). The Bertz CT molecular complexity index is 352. The van der Waals surface area contributed by atoms with Crippen LogP contribution in [0.4, 0.5) is 0 Å². The second-order valence-corrected chi connectivity index (χ2v) is 6.19. The molecule has 2 heteroatoms. The highest BCUT2D eigenvalue weighted by atomic mass is 16.5. The smallest absolute Gasteiger partial charge is 0.119 e. The summed E-state index contributed by atoms with van der Waals surface area (Å²) < 4.78 is 5.68. The van der Waals surface area contributed by atoms with Gasteiger partial charge in [-0.25, -0.2) is 0 Å². The Morgan fingerprint density at radius 2 is 2.00 bits per heavy atom. The van der Waals surface area contributed by atoms with Crippen LogP contribution in [0.2, 0.25) is 0 Å². The molecule has 2 atom stereocenters. The van der Waals surface area contributed by atoms with Crippen molar-refractivity contribution < 1.29 is 4.74 Å². The molecule has 0 amide bonds. The van der Waals surface area contributed by atoms with Crippen LogP contribution >= 0.6 is 0 Å². The fraction of sp³-hybridized carbons (Fsp3) is 0.667. The molecule has 1 saturated carbocycles. The summed E-state index contributed by atoms with van der Waals surface area (Å²) in [5.74, 6) is 2.89. The molecule has 2 nitrogen and oxygen atoms in total. The summed E-state index contributed by atoms with van der Waals surface area (Å²) in [7, 11) is 0. The molecule has 0 spiro atoms. The molecular formula is C18H29NO. The molecule has 0 aromatic heterocycles. The maximum absolute atomic E-state index is 5.68. The molecule has 0 heterocycles. The number of nitrogens with one attached hydrogen (secondary N) is 1. The lowest BCUT2D eigenvalue weighted by atomic mass is 9.81. The molecule has 2 unspecified atom stereocenters. The first kappa shape index (κ1) is 15.4. The van der Waals surface area contributed by atoms with Gasteiger partial charge in [0, 0.05) is 0 Å². The molecule has 0 radical (unpaired) electrons. The van der Waals surface area contributed by atoms with Crippen molar-refractivity contribution in [1.29, 1.82) is 0 Å². The highest BCUT2D eigenvalue weighted by Crippen LogP contribution is 2.30. The van der Waals surface area contributed by atoms with Gasteiger partial charge in [0.1, 0.15) is 5.75 Å². The van der Waals surface area contributed by atoms with Crippen molar-refractivity contribution >= 4 is 0 Å². The van der Waals surface area contributed by atoms with E-state index in [4.69, 9.17) is 4.74 Å². The lowest BCUT2D eigenvalue weighted by molar-refractivity contribution is 0.265. The third-order valence-corrected chi connectivity index (χ3v) is 4.28. The summed E-state index contributed by atoms with van der Waals surface area (Å²) in [6.45, 7) is 5.44. The average molecular weight is 275 g/mol. The van der Waals surface area contributed by atoms with E-state index in [-0.39, 0.29) is 0 Å². The summed E-state index contributed by atoms with van der Waals surface area (Å²) in [5.41, 5.74) is 0. The zero-order chi connectivity index (χ0) is 14.0. The van der Waals surface area contributed by atoms with Crippen molar-refractivity contribution in [1.82, 2.24) is 5.32 Å². The number of benzene rings is 1. The first-order chi connectivity index (χ1) is 9.84. The number of hydrogen-bond donors (Lipinski definition) is 1. The van der Waals surface area contributed by atoms with Crippen molar-refractivity contribution in [3.8, 4) is 5.75 Å². The standard InChI is InChI=1S/C18H29NO/c1-16-7-5-8-17(15-16)11-13-19-12-6-14-20-18-9-3-2-4-10-18/h2-4,9-10,16-17,19H,5-8,11-15H2,1H3. The van der Waals surface area contributed by atoms with Crippen LogP contribution in [0.3, 0.4) is 0 Å². The topological polar surface area (TPSA) is 21.3 Å². The summed E-state index contributed by atoms with van der Waals surface area (Å²) >= 11 is 0. The molecular weight excluding hydrogens is 246 g/mol. The van der Waals surface area contributed by atoms with Gasteiger partial charge in [0.15, 0.2) is 0 Å². The maximum Gasteiger partial charge on any atom is 0.119 e. The van der Waals surface area contributed by atoms with Crippen LogP contribution < -0.4 is 10.1 Å². The summed E-state index contributed by atoms with van der Waals surface area (Å²) in [6.07, 6.45) is 8.21. The zero-order valence-corrected chi connectivity index (χ0v) is 12.8. The summed E-state index contributed by atoms with van der Waals surface area (Å²) in [5, 5.41) is 3.55. The lowest BCUT2D eigenvalue weighted by Gasteiger charge is -2.26. The quantitative estimate of drug-likeness (QED) is 0.716. The minimum Gasteiger partial charge on any atom is -0.494 e. The normalized spacial score (nSPS) is 22.6. The molecule has 1 aliphatic carbocycles. The van der Waals surface area contributed by atoms with Crippen LogP contribution in [0.25, 0.3) is 0 Å². The Balaban J connectivity index is 1.44. The largest absolute Gasteiger partial charge is 0.494 e. The second-order valence-electron chi connectivity index (χ2n) is 6.19. The van der Waals surface area contributed by atoms with Crippen LogP contribution in [-0.2, 0) is 0 Å². The van der Waals surface area contributed by atoms with Gasteiger partial charge in [-0.3, -0.25) is 0 Å². The van der Waals surface area contributed by atoms with Crippen molar-refractivity contribution in [2.45, 2.75) is 45.4 Å². The van der Waals surface area contributed by atoms with E-state index >= 15 is 0 Å². The van der Waals surface area contributed by atoms with E-state index in [1.54, 1.807) is 0 Å². The number of hydrogen-bond acceptors (Lipinski definition) is 2. The van der Waals surface area contributed by atoms with E-state index in [0.29, 0.717) is 0 Å². The van der Waals surface area contributed by atoms with Crippen molar-refractivity contribution in [3.63, 3.8) is 0 Å². The minimum atomic E-state index is 0.803. The molecule has 1 aromatic carbocycles. The highest BCUT2D eigenvalue weighted by Gasteiger charge is 2.17. The van der Waals surface area contributed by atoms with E-state index in [0.717, 1.165) is 37.2 Å². The Hall–Kier alpha value is -1.02. The molecule has 1 aliphatic rings. The Labute approximate surface area is 123 Å². The van der Waals surface area contributed by atoms with Gasteiger partial charge in [-0.2, -0.15) is 0 Å². The average Bonchev–Trinajstić information content (AvgIpc) is 2.47. The molecule has 112 valence electrons. The Morgan fingerprint density at radius 1 is 1.15 bits per heavy atom. The van der Waals surface area contributed by atoms with Gasteiger partial charge in [-0.15, -0.1) is 0 Å². The Morgan fingerprint density at radius 3 is 2.80 bits per heavy atom. The van der Waals surface area contributed by atoms with Crippen LogP contribution in [0, 0.1) is 11.8 Å². The number of para-hydroxylation sites is 1. The molecule has 0 saturated heterocycles. The van der Waals surface area contributed by atoms with Crippen LogP contribution in [-0.4, -0.2) is 19.7 Å². The third kappa shape index (κ3) is 5.96. The van der Waals surface area contributed by atoms with Gasteiger partial charge in [-0.1, -0.05) is 44.4 Å². The fourth-order valence-corrected chi connectivity index (χ4v) is 3.16. The monoisotopic (exact) mass is 275 g/mol. The second kappa shape index (κ2) is 9.02. The predicted molar refractivity (Wildman–Crippen MR) is 85.2 cm³/mol. The van der Waals surface area contributed by atoms with Gasteiger partial charge in [0.2, 0.25) is 0 Å². The van der Waals surface area contributed by atoms with Gasteiger partial charge in [0.25, 0.3) is 0 Å². The Kier molecular flexibility index (Phi) is 6.93. The lowest BCUT2D eigenvalue weighted by Crippen LogP contribution is -2.23. The van der Waals surface area contributed by atoms with E-state index in [2.05, 4.69) is 12.2 Å². The van der Waals surface area contributed by atoms with Crippen LogP contribution in [0.1, 0.15) is 45.4 Å². The van der Waals surface area contributed by atoms with E-state index in [9.17, 15) is 0 Å². The fourth-order valence-electron chi connectivity index (χ4n) is 3.16. The van der Waals surface area contributed by atoms with Gasteiger partial charge in [0.05, 0.1) is 6.61 Å². The SMILES string of the molecule is CC1CCCC(CCNCCCOc2ccccc2)C1. The van der Waals surface area contributed by atoms with Gasteiger partial charge < -0.3 is 10.1 Å². The van der Waals surface area contributed by atoms with Crippen molar-refractivity contribution in [3.05, 3.63) is 30.3 Å². The predicted octanol–water partition coefficient (Wildman–Crippen LogP) is 4.26. The molecule has 1 aromatic rings.